The molecule has 2 saturated heterocycles. The van der Waals surface area contributed by atoms with Crippen molar-refractivity contribution < 1.29 is 4.79 Å². The van der Waals surface area contributed by atoms with Crippen molar-refractivity contribution in [2.24, 2.45) is 0 Å². The third-order valence-electron chi connectivity index (χ3n) is 4.00. The van der Waals surface area contributed by atoms with Crippen molar-refractivity contribution in [3.05, 3.63) is 30.3 Å². The van der Waals surface area contributed by atoms with Crippen LogP contribution in [0.25, 0.3) is 0 Å². The summed E-state index contributed by atoms with van der Waals surface area (Å²) >= 11 is 1.92. The Labute approximate surface area is 119 Å². The number of piperazine rings is 1. The lowest BCUT2D eigenvalue weighted by Gasteiger charge is -2.37. The van der Waals surface area contributed by atoms with E-state index in [0.717, 1.165) is 44.8 Å². The van der Waals surface area contributed by atoms with Crippen LogP contribution < -0.4 is 0 Å². The normalized spacial score (nSPS) is 23.7. The van der Waals surface area contributed by atoms with E-state index in [1.165, 1.54) is 4.90 Å². The molecular formula is C15H20N2OS. The van der Waals surface area contributed by atoms with Crippen LogP contribution in [-0.4, -0.2) is 53.7 Å². The van der Waals surface area contributed by atoms with E-state index in [1.807, 2.05) is 11.8 Å². The Morgan fingerprint density at radius 1 is 1.21 bits per heavy atom. The minimum atomic E-state index is 0.364. The van der Waals surface area contributed by atoms with E-state index in [9.17, 15) is 4.79 Å². The number of hydrogen-bond acceptors (Lipinski definition) is 3. The van der Waals surface area contributed by atoms with Crippen molar-refractivity contribution in [2.75, 3.05) is 31.9 Å². The molecule has 0 aliphatic carbocycles. The summed E-state index contributed by atoms with van der Waals surface area (Å²) in [6.07, 6.45) is 1.82. The van der Waals surface area contributed by atoms with Crippen LogP contribution in [0.15, 0.2) is 35.2 Å². The third-order valence-corrected chi connectivity index (χ3v) is 4.99. The smallest absolute Gasteiger partial charge is 0.222 e. The maximum atomic E-state index is 11.6. The highest BCUT2D eigenvalue weighted by molar-refractivity contribution is 7.99. The third kappa shape index (κ3) is 3.12. The predicted molar refractivity (Wildman–Crippen MR) is 78.3 cm³/mol. The summed E-state index contributed by atoms with van der Waals surface area (Å²) in [6, 6.07) is 11.1. The summed E-state index contributed by atoms with van der Waals surface area (Å²) in [5.74, 6) is 1.49. The monoisotopic (exact) mass is 276 g/mol. The number of nitrogens with zero attached hydrogens (tertiary/aromatic N) is 2. The van der Waals surface area contributed by atoms with Gasteiger partial charge in [0, 0.05) is 49.3 Å². The lowest BCUT2D eigenvalue weighted by Crippen LogP contribution is -2.51. The molecule has 2 fully saturated rings. The topological polar surface area (TPSA) is 23.6 Å². The zero-order chi connectivity index (χ0) is 13.1. The van der Waals surface area contributed by atoms with Gasteiger partial charge in [0.25, 0.3) is 0 Å². The number of carbonyl (C=O) groups excluding carboxylic acids is 1. The zero-order valence-electron chi connectivity index (χ0n) is 11.1. The van der Waals surface area contributed by atoms with Gasteiger partial charge in [0.15, 0.2) is 0 Å². The molecule has 1 aromatic carbocycles. The number of thioether (sulfide) groups is 1. The van der Waals surface area contributed by atoms with Crippen LogP contribution in [0.1, 0.15) is 12.8 Å². The van der Waals surface area contributed by atoms with E-state index in [0.29, 0.717) is 11.9 Å². The van der Waals surface area contributed by atoms with Gasteiger partial charge in [0.1, 0.15) is 0 Å². The van der Waals surface area contributed by atoms with Gasteiger partial charge < -0.3 is 4.90 Å². The van der Waals surface area contributed by atoms with Gasteiger partial charge in [0.05, 0.1) is 0 Å². The first-order valence-corrected chi connectivity index (χ1v) is 8.01. The first-order valence-electron chi connectivity index (χ1n) is 7.02. The lowest BCUT2D eigenvalue weighted by molar-refractivity contribution is -0.130. The van der Waals surface area contributed by atoms with Crippen LogP contribution in [0, 0.1) is 0 Å². The SMILES string of the molecule is O=C1CCC2CN(CCSc3ccccc3)CCN12. The molecule has 1 aromatic rings. The van der Waals surface area contributed by atoms with Crippen LogP contribution in [-0.2, 0) is 4.79 Å². The molecule has 1 amide bonds. The summed E-state index contributed by atoms with van der Waals surface area (Å²) in [6.45, 7) is 4.16. The molecule has 3 nitrogen and oxygen atoms in total. The first-order chi connectivity index (χ1) is 9.33. The highest BCUT2D eigenvalue weighted by Crippen LogP contribution is 2.23. The van der Waals surface area contributed by atoms with Crippen molar-refractivity contribution >= 4 is 17.7 Å². The van der Waals surface area contributed by atoms with Crippen LogP contribution >= 0.6 is 11.8 Å². The Hall–Kier alpha value is -1.00. The Balaban J connectivity index is 1.43. The number of hydrogen-bond donors (Lipinski definition) is 0. The molecule has 0 saturated carbocycles. The highest BCUT2D eigenvalue weighted by atomic mass is 32.2. The molecule has 0 radical (unpaired) electrons. The number of benzene rings is 1. The van der Waals surface area contributed by atoms with Crippen molar-refractivity contribution in [2.45, 2.75) is 23.8 Å². The van der Waals surface area contributed by atoms with E-state index in [1.54, 1.807) is 0 Å². The number of rotatable bonds is 4. The summed E-state index contributed by atoms with van der Waals surface area (Å²) in [5, 5.41) is 0. The Morgan fingerprint density at radius 3 is 2.89 bits per heavy atom. The Kier molecular flexibility index (Phi) is 4.09. The molecule has 1 atom stereocenters. The molecule has 102 valence electrons. The van der Waals surface area contributed by atoms with Gasteiger partial charge in [-0.2, -0.15) is 0 Å². The Morgan fingerprint density at radius 2 is 2.05 bits per heavy atom. The second kappa shape index (κ2) is 5.97. The molecule has 2 aliphatic rings. The summed E-state index contributed by atoms with van der Waals surface area (Å²) < 4.78 is 0. The second-order valence-corrected chi connectivity index (χ2v) is 6.41. The van der Waals surface area contributed by atoms with Gasteiger partial charge in [0.2, 0.25) is 5.91 Å². The predicted octanol–water partition coefficient (Wildman–Crippen LogP) is 2.09. The molecule has 0 bridgehead atoms. The Bertz CT molecular complexity index is 437. The van der Waals surface area contributed by atoms with Crippen LogP contribution in [0.2, 0.25) is 0 Å². The van der Waals surface area contributed by atoms with Gasteiger partial charge in [-0.25, -0.2) is 0 Å². The molecule has 1 unspecified atom stereocenters. The molecular weight excluding hydrogens is 256 g/mol. The molecule has 4 heteroatoms. The molecule has 0 N–H and O–H groups in total. The maximum Gasteiger partial charge on any atom is 0.222 e. The van der Waals surface area contributed by atoms with E-state index in [-0.39, 0.29) is 0 Å². The maximum absolute atomic E-state index is 11.6. The highest BCUT2D eigenvalue weighted by Gasteiger charge is 2.34. The van der Waals surface area contributed by atoms with Crippen molar-refractivity contribution in [3.63, 3.8) is 0 Å². The van der Waals surface area contributed by atoms with Gasteiger partial charge in [-0.3, -0.25) is 9.69 Å². The molecule has 3 rings (SSSR count). The average molecular weight is 276 g/mol. The van der Waals surface area contributed by atoms with Gasteiger partial charge in [-0.1, -0.05) is 18.2 Å². The standard InChI is InChI=1S/C15H20N2OS/c18-15-7-6-13-12-16(8-9-17(13)15)10-11-19-14-4-2-1-3-5-14/h1-5,13H,6-12H2. The van der Waals surface area contributed by atoms with Crippen molar-refractivity contribution in [1.29, 1.82) is 0 Å². The number of amides is 1. The van der Waals surface area contributed by atoms with Crippen LogP contribution in [0.3, 0.4) is 0 Å². The minimum absolute atomic E-state index is 0.364. The largest absolute Gasteiger partial charge is 0.337 e. The summed E-state index contributed by atoms with van der Waals surface area (Å²) in [4.78, 5) is 17.6. The van der Waals surface area contributed by atoms with E-state index in [4.69, 9.17) is 0 Å². The molecule has 0 aromatic heterocycles. The van der Waals surface area contributed by atoms with Crippen molar-refractivity contribution in [3.8, 4) is 0 Å². The average Bonchev–Trinajstić information content (AvgIpc) is 2.81. The van der Waals surface area contributed by atoms with Gasteiger partial charge in [-0.15, -0.1) is 11.8 Å². The summed E-state index contributed by atoms with van der Waals surface area (Å²) in [5.41, 5.74) is 0. The van der Waals surface area contributed by atoms with Crippen molar-refractivity contribution in [1.82, 2.24) is 9.80 Å². The number of fused-ring (bicyclic) bond motifs is 1. The second-order valence-electron chi connectivity index (χ2n) is 5.24. The number of carbonyl (C=O) groups is 1. The molecule has 0 spiro atoms. The quantitative estimate of drug-likeness (QED) is 0.787. The first kappa shape index (κ1) is 13.0. The molecule has 2 aliphatic heterocycles. The fraction of sp³-hybridized carbons (Fsp3) is 0.533. The van der Waals surface area contributed by atoms with Crippen LogP contribution in [0.4, 0.5) is 0 Å². The zero-order valence-corrected chi connectivity index (χ0v) is 11.9. The lowest BCUT2D eigenvalue weighted by atomic mass is 10.1. The van der Waals surface area contributed by atoms with E-state index in [2.05, 4.69) is 40.1 Å². The summed E-state index contributed by atoms with van der Waals surface area (Å²) in [7, 11) is 0. The van der Waals surface area contributed by atoms with Gasteiger partial charge >= 0.3 is 0 Å². The van der Waals surface area contributed by atoms with Crippen LogP contribution in [0.5, 0.6) is 0 Å². The minimum Gasteiger partial charge on any atom is -0.337 e. The molecule has 19 heavy (non-hydrogen) atoms. The molecule has 2 heterocycles. The van der Waals surface area contributed by atoms with Gasteiger partial charge in [-0.05, 0) is 18.6 Å². The van der Waals surface area contributed by atoms with E-state index < -0.39 is 0 Å². The van der Waals surface area contributed by atoms with E-state index >= 15 is 0 Å². The fourth-order valence-electron chi connectivity index (χ4n) is 2.94. The fourth-order valence-corrected chi connectivity index (χ4v) is 3.88.